The number of benzene rings is 2. The normalized spacial score (nSPS) is 10.7. The third-order valence-corrected chi connectivity index (χ3v) is 2.98. The summed E-state index contributed by atoms with van der Waals surface area (Å²) in [5.74, 6) is -0.458. The van der Waals surface area contributed by atoms with E-state index < -0.39 is 5.91 Å². The number of nitrogens with zero attached hydrogens (tertiary/aromatic N) is 2. The molecule has 1 heterocycles. The lowest BCUT2D eigenvalue weighted by molar-refractivity contribution is 0.100. The molecule has 0 bridgehead atoms. The summed E-state index contributed by atoms with van der Waals surface area (Å²) in [6, 6.07) is 12.7. The van der Waals surface area contributed by atoms with Gasteiger partial charge < -0.3 is 5.73 Å². The number of carbonyl (C=O) groups is 1. The lowest BCUT2D eigenvalue weighted by atomic mass is 9.96. The predicted octanol–water partition coefficient (Wildman–Crippen LogP) is 0.918. The second kappa shape index (κ2) is 4.28. The first-order chi connectivity index (χ1) is 9.15. The van der Waals surface area contributed by atoms with Crippen molar-refractivity contribution in [2.24, 2.45) is 5.73 Å². The molecular weight excluding hydrogens is 237 g/mol. The summed E-state index contributed by atoms with van der Waals surface area (Å²) in [6.45, 7) is 0. The Hall–Kier alpha value is -2.56. The van der Waals surface area contributed by atoms with Gasteiger partial charge in [0.1, 0.15) is 14.2 Å². The standard InChI is InChI=1S/C14H10BN3O/c15-10-2-1-3-11(7-10)18-8-17-12-6-9(14(16)19)4-5-13(12)18/h1-8H,(H2,16,19). The van der Waals surface area contributed by atoms with Crippen molar-refractivity contribution in [2.75, 3.05) is 0 Å². The van der Waals surface area contributed by atoms with Crippen LogP contribution in [0, 0.1) is 0 Å². The molecule has 1 aromatic heterocycles. The molecule has 3 rings (SSSR count). The topological polar surface area (TPSA) is 60.9 Å². The quantitative estimate of drug-likeness (QED) is 0.684. The van der Waals surface area contributed by atoms with Gasteiger partial charge in [0.05, 0.1) is 11.0 Å². The molecule has 2 aromatic carbocycles. The van der Waals surface area contributed by atoms with Crippen LogP contribution in [-0.4, -0.2) is 23.3 Å². The molecule has 2 N–H and O–H groups in total. The van der Waals surface area contributed by atoms with Crippen molar-refractivity contribution < 1.29 is 4.79 Å². The highest BCUT2D eigenvalue weighted by Gasteiger charge is 2.07. The van der Waals surface area contributed by atoms with E-state index in [9.17, 15) is 4.79 Å². The zero-order chi connectivity index (χ0) is 13.4. The smallest absolute Gasteiger partial charge is 0.248 e. The van der Waals surface area contributed by atoms with Crippen LogP contribution < -0.4 is 11.2 Å². The zero-order valence-corrected chi connectivity index (χ0v) is 10.1. The van der Waals surface area contributed by atoms with Gasteiger partial charge in [0.25, 0.3) is 0 Å². The van der Waals surface area contributed by atoms with E-state index in [2.05, 4.69) is 4.98 Å². The zero-order valence-electron chi connectivity index (χ0n) is 10.1. The van der Waals surface area contributed by atoms with Gasteiger partial charge in [-0.1, -0.05) is 17.6 Å². The van der Waals surface area contributed by atoms with E-state index >= 15 is 0 Å². The van der Waals surface area contributed by atoms with Gasteiger partial charge in [0.2, 0.25) is 5.91 Å². The van der Waals surface area contributed by atoms with Crippen LogP contribution in [0.1, 0.15) is 10.4 Å². The van der Waals surface area contributed by atoms with Gasteiger partial charge >= 0.3 is 0 Å². The van der Waals surface area contributed by atoms with Crippen molar-refractivity contribution in [1.29, 1.82) is 0 Å². The van der Waals surface area contributed by atoms with Crippen LogP contribution in [0.3, 0.4) is 0 Å². The van der Waals surface area contributed by atoms with E-state index in [4.69, 9.17) is 13.6 Å². The largest absolute Gasteiger partial charge is 0.366 e. The lowest BCUT2D eigenvalue weighted by Gasteiger charge is -2.05. The van der Waals surface area contributed by atoms with Crippen molar-refractivity contribution in [2.45, 2.75) is 0 Å². The first-order valence-corrected chi connectivity index (χ1v) is 5.78. The minimum atomic E-state index is -0.458. The van der Waals surface area contributed by atoms with Gasteiger partial charge in [-0.2, -0.15) is 0 Å². The number of primary amides is 1. The molecule has 0 fully saturated rings. The Labute approximate surface area is 111 Å². The van der Waals surface area contributed by atoms with Crippen LogP contribution in [0.25, 0.3) is 16.7 Å². The third-order valence-electron chi connectivity index (χ3n) is 2.98. The molecular formula is C14H10BN3O. The van der Waals surface area contributed by atoms with Gasteiger partial charge in [-0.15, -0.1) is 0 Å². The first kappa shape index (κ1) is 11.5. The van der Waals surface area contributed by atoms with Crippen LogP contribution in [0.5, 0.6) is 0 Å². The number of imidazole rings is 1. The summed E-state index contributed by atoms with van der Waals surface area (Å²) in [7, 11) is 5.78. The van der Waals surface area contributed by atoms with E-state index in [1.807, 2.05) is 34.9 Å². The van der Waals surface area contributed by atoms with Gasteiger partial charge in [-0.3, -0.25) is 9.36 Å². The third kappa shape index (κ3) is 1.99. The number of aromatic nitrogens is 2. The summed E-state index contributed by atoms with van der Waals surface area (Å²) in [4.78, 5) is 15.4. The average Bonchev–Trinajstić information content (AvgIpc) is 2.81. The van der Waals surface area contributed by atoms with Crippen LogP contribution in [0.15, 0.2) is 48.8 Å². The molecule has 0 saturated carbocycles. The predicted molar refractivity (Wildman–Crippen MR) is 75.0 cm³/mol. The van der Waals surface area contributed by atoms with E-state index in [1.165, 1.54) is 0 Å². The minimum Gasteiger partial charge on any atom is -0.366 e. The SMILES string of the molecule is [B]c1cccc(-n2cnc3cc(C(N)=O)ccc32)c1. The van der Waals surface area contributed by atoms with Crippen LogP contribution >= 0.6 is 0 Å². The van der Waals surface area contributed by atoms with E-state index in [0.29, 0.717) is 11.0 Å². The van der Waals surface area contributed by atoms with Crippen molar-refractivity contribution in [1.82, 2.24) is 9.55 Å². The fourth-order valence-corrected chi connectivity index (χ4v) is 2.05. The Balaban J connectivity index is 2.18. The van der Waals surface area contributed by atoms with Gasteiger partial charge in [-0.25, -0.2) is 4.98 Å². The molecule has 0 aliphatic rings. The van der Waals surface area contributed by atoms with Crippen LogP contribution in [0.2, 0.25) is 0 Å². The van der Waals surface area contributed by atoms with Crippen molar-refractivity contribution in [3.63, 3.8) is 0 Å². The fourth-order valence-electron chi connectivity index (χ4n) is 2.05. The van der Waals surface area contributed by atoms with Crippen LogP contribution in [0.4, 0.5) is 0 Å². The van der Waals surface area contributed by atoms with E-state index in [1.54, 1.807) is 18.5 Å². The highest BCUT2D eigenvalue weighted by Crippen LogP contribution is 2.18. The maximum Gasteiger partial charge on any atom is 0.248 e. The second-order valence-corrected chi connectivity index (χ2v) is 4.28. The maximum atomic E-state index is 11.1. The van der Waals surface area contributed by atoms with Crippen molar-refractivity contribution in [3.8, 4) is 5.69 Å². The Kier molecular flexibility index (Phi) is 2.60. The van der Waals surface area contributed by atoms with Crippen LogP contribution in [-0.2, 0) is 0 Å². The molecule has 0 spiro atoms. The monoisotopic (exact) mass is 247 g/mol. The average molecular weight is 247 g/mol. The number of amides is 1. The molecule has 0 saturated heterocycles. The molecule has 2 radical (unpaired) electrons. The van der Waals surface area contributed by atoms with Gasteiger partial charge in [0.15, 0.2) is 0 Å². The number of rotatable bonds is 2. The number of hydrogen-bond donors (Lipinski definition) is 1. The summed E-state index contributed by atoms with van der Waals surface area (Å²) in [5, 5.41) is 0. The fraction of sp³-hybridized carbons (Fsp3) is 0. The molecule has 19 heavy (non-hydrogen) atoms. The molecule has 4 nitrogen and oxygen atoms in total. The van der Waals surface area contributed by atoms with Gasteiger partial charge in [-0.05, 0) is 30.3 Å². The highest BCUT2D eigenvalue weighted by atomic mass is 16.1. The minimum absolute atomic E-state index is 0.449. The Bertz CT molecular complexity index is 779. The number of nitrogens with two attached hydrogens (primary N) is 1. The summed E-state index contributed by atoms with van der Waals surface area (Å²) in [5.41, 5.74) is 8.94. The molecule has 5 heteroatoms. The van der Waals surface area contributed by atoms with Gasteiger partial charge in [0, 0.05) is 11.3 Å². The lowest BCUT2D eigenvalue weighted by Crippen LogP contribution is -2.10. The van der Waals surface area contributed by atoms with E-state index in [-0.39, 0.29) is 0 Å². The molecule has 90 valence electrons. The summed E-state index contributed by atoms with van der Waals surface area (Å²) < 4.78 is 1.91. The number of fused-ring (bicyclic) bond motifs is 1. The number of carbonyl (C=O) groups excluding carboxylic acids is 1. The molecule has 1 amide bonds. The molecule has 0 unspecified atom stereocenters. The summed E-state index contributed by atoms with van der Waals surface area (Å²) in [6.07, 6.45) is 1.70. The summed E-state index contributed by atoms with van der Waals surface area (Å²) >= 11 is 0. The van der Waals surface area contributed by atoms with E-state index in [0.717, 1.165) is 16.7 Å². The Morgan fingerprint density at radius 2 is 2.05 bits per heavy atom. The maximum absolute atomic E-state index is 11.1. The highest BCUT2D eigenvalue weighted by molar-refractivity contribution is 6.32. The number of hydrogen-bond acceptors (Lipinski definition) is 2. The molecule has 0 atom stereocenters. The molecule has 0 aliphatic heterocycles. The first-order valence-electron chi connectivity index (χ1n) is 5.78. The Morgan fingerprint density at radius 3 is 2.79 bits per heavy atom. The molecule has 3 aromatic rings. The van der Waals surface area contributed by atoms with Crippen molar-refractivity contribution in [3.05, 3.63) is 54.4 Å². The second-order valence-electron chi connectivity index (χ2n) is 4.28. The molecule has 0 aliphatic carbocycles. The van der Waals surface area contributed by atoms with Crippen molar-refractivity contribution >= 4 is 30.2 Å². The Morgan fingerprint density at radius 1 is 1.21 bits per heavy atom.